The van der Waals surface area contributed by atoms with Gasteiger partial charge in [-0.1, -0.05) is 24.6 Å². The molecule has 0 atom stereocenters. The molecule has 3 aromatic rings. The molecule has 1 N–H and O–H groups in total. The molecule has 0 aliphatic rings. The molecule has 8 nitrogen and oxygen atoms in total. The second-order valence-corrected chi connectivity index (χ2v) is 8.72. The van der Waals surface area contributed by atoms with Crippen LogP contribution >= 0.6 is 0 Å². The third kappa shape index (κ3) is 7.65. The van der Waals surface area contributed by atoms with Crippen molar-refractivity contribution in [1.82, 2.24) is 5.32 Å². The lowest BCUT2D eigenvalue weighted by molar-refractivity contribution is -0.134. The van der Waals surface area contributed by atoms with Crippen molar-refractivity contribution in [2.24, 2.45) is 0 Å². The summed E-state index contributed by atoms with van der Waals surface area (Å²) in [6.07, 6.45) is 3.13. The molecule has 1 amide bonds. The molecule has 1 heterocycles. The average Bonchev–Trinajstić information content (AvgIpc) is 2.77. The van der Waals surface area contributed by atoms with E-state index >= 15 is 0 Å². The molecule has 3 rings (SSSR count). The molecule has 0 radical (unpaired) electrons. The van der Waals surface area contributed by atoms with Crippen LogP contribution in [0.5, 0.6) is 17.2 Å². The summed E-state index contributed by atoms with van der Waals surface area (Å²) in [6.45, 7) is 5.89. The zero-order valence-corrected chi connectivity index (χ0v) is 19.6. The normalized spacial score (nSPS) is 11.1. The number of amides is 1. The van der Waals surface area contributed by atoms with Crippen molar-refractivity contribution in [1.29, 1.82) is 0 Å². The standard InChI is InChI=1S/C26H29NO7/c1-26(2,3)34-25(30)27-15-9-5-8-12-23(28)33-19-13-14-20-21(16-19)31-17-22(24(20)29)32-18-10-6-4-7-11-18/h4,6-7,10-11,13-14,16-17H,5,8-9,12,15H2,1-3H3,(H,27,30). The lowest BCUT2D eigenvalue weighted by Gasteiger charge is -2.19. The number of alkyl carbamates (subject to hydrolysis) is 1. The number of para-hydroxylation sites is 1. The highest BCUT2D eigenvalue weighted by atomic mass is 16.6. The minimum atomic E-state index is -0.530. The molecule has 8 heteroatoms. The summed E-state index contributed by atoms with van der Waals surface area (Å²) in [5.74, 6) is 0.514. The maximum Gasteiger partial charge on any atom is 0.407 e. The Hall–Kier alpha value is -3.81. The number of hydrogen-bond acceptors (Lipinski definition) is 7. The van der Waals surface area contributed by atoms with E-state index < -0.39 is 11.7 Å². The number of ether oxygens (including phenoxy) is 3. The van der Waals surface area contributed by atoms with Gasteiger partial charge in [0.25, 0.3) is 0 Å². The van der Waals surface area contributed by atoms with Gasteiger partial charge in [0.15, 0.2) is 0 Å². The second kappa shape index (κ2) is 11.4. The lowest BCUT2D eigenvalue weighted by atomic mass is 10.2. The lowest BCUT2D eigenvalue weighted by Crippen LogP contribution is -2.33. The predicted octanol–water partition coefficient (Wildman–Crippen LogP) is 5.58. The molecular formula is C26H29NO7. The molecule has 0 spiro atoms. The van der Waals surface area contributed by atoms with Gasteiger partial charge in [-0.25, -0.2) is 4.79 Å². The monoisotopic (exact) mass is 467 g/mol. The van der Waals surface area contributed by atoms with E-state index in [0.29, 0.717) is 35.4 Å². The largest absolute Gasteiger partial charge is 0.460 e. The Morgan fingerprint density at radius 2 is 1.74 bits per heavy atom. The van der Waals surface area contributed by atoms with Gasteiger partial charge in [-0.15, -0.1) is 0 Å². The number of benzene rings is 2. The Labute approximate surface area is 197 Å². The van der Waals surface area contributed by atoms with Gasteiger partial charge in [-0.2, -0.15) is 0 Å². The molecule has 0 aliphatic carbocycles. The zero-order chi connectivity index (χ0) is 24.6. The summed E-state index contributed by atoms with van der Waals surface area (Å²) >= 11 is 0. The first kappa shape index (κ1) is 24.8. The van der Waals surface area contributed by atoms with Crippen molar-refractivity contribution in [2.45, 2.75) is 52.1 Å². The number of hydrogen-bond donors (Lipinski definition) is 1. The van der Waals surface area contributed by atoms with Crippen LogP contribution in [-0.4, -0.2) is 24.2 Å². The van der Waals surface area contributed by atoms with Crippen LogP contribution in [0.1, 0.15) is 46.5 Å². The number of fused-ring (bicyclic) bond motifs is 1. The molecule has 180 valence electrons. The van der Waals surface area contributed by atoms with E-state index in [0.717, 1.165) is 12.8 Å². The Morgan fingerprint density at radius 1 is 0.971 bits per heavy atom. The van der Waals surface area contributed by atoms with Crippen molar-refractivity contribution in [3.63, 3.8) is 0 Å². The van der Waals surface area contributed by atoms with Gasteiger partial charge in [0, 0.05) is 19.0 Å². The van der Waals surface area contributed by atoms with Crippen molar-refractivity contribution in [2.75, 3.05) is 6.54 Å². The van der Waals surface area contributed by atoms with Gasteiger partial charge in [0.1, 0.15) is 28.9 Å². The number of carbonyl (C=O) groups excluding carboxylic acids is 2. The SMILES string of the molecule is CC(C)(C)OC(=O)NCCCCCC(=O)Oc1ccc2c(=O)c(Oc3ccccc3)coc2c1. The summed E-state index contributed by atoms with van der Waals surface area (Å²) in [5, 5.41) is 3.01. The minimum Gasteiger partial charge on any atom is -0.460 e. The number of nitrogens with one attached hydrogen (secondary N) is 1. The molecule has 0 fully saturated rings. The van der Waals surface area contributed by atoms with Gasteiger partial charge < -0.3 is 23.9 Å². The van der Waals surface area contributed by atoms with E-state index in [1.54, 1.807) is 57.2 Å². The highest BCUT2D eigenvalue weighted by Crippen LogP contribution is 2.24. The fourth-order valence-electron chi connectivity index (χ4n) is 3.10. The van der Waals surface area contributed by atoms with Crippen molar-refractivity contribution in [3.05, 3.63) is 65.0 Å². The van der Waals surface area contributed by atoms with Crippen LogP contribution in [0, 0.1) is 0 Å². The van der Waals surface area contributed by atoms with Gasteiger partial charge in [0.05, 0.1) is 5.39 Å². The summed E-state index contributed by atoms with van der Waals surface area (Å²) in [6, 6.07) is 13.5. The fourth-order valence-corrected chi connectivity index (χ4v) is 3.10. The maximum atomic E-state index is 12.7. The van der Waals surface area contributed by atoms with Gasteiger partial charge in [-0.3, -0.25) is 9.59 Å². The molecule has 0 aliphatic heterocycles. The fraction of sp³-hybridized carbons (Fsp3) is 0.346. The van der Waals surface area contributed by atoms with Crippen LogP contribution < -0.4 is 20.2 Å². The third-order valence-corrected chi connectivity index (χ3v) is 4.64. The van der Waals surface area contributed by atoms with E-state index in [4.69, 9.17) is 18.6 Å². The number of rotatable bonds is 9. The van der Waals surface area contributed by atoms with Crippen LogP contribution in [-0.2, 0) is 9.53 Å². The highest BCUT2D eigenvalue weighted by molar-refractivity contribution is 5.80. The molecule has 0 saturated heterocycles. The van der Waals surface area contributed by atoms with Crippen LogP contribution in [0.4, 0.5) is 4.79 Å². The number of unbranched alkanes of at least 4 members (excludes halogenated alkanes) is 2. The first-order valence-electron chi connectivity index (χ1n) is 11.2. The Kier molecular flexibility index (Phi) is 8.29. The Morgan fingerprint density at radius 3 is 2.47 bits per heavy atom. The van der Waals surface area contributed by atoms with E-state index in [2.05, 4.69) is 5.32 Å². The molecule has 1 aromatic heterocycles. The Balaban J connectivity index is 1.46. The predicted molar refractivity (Wildman–Crippen MR) is 127 cm³/mol. The van der Waals surface area contributed by atoms with Crippen molar-refractivity contribution >= 4 is 23.0 Å². The summed E-state index contributed by atoms with van der Waals surface area (Å²) in [5.41, 5.74) is -0.552. The van der Waals surface area contributed by atoms with Crippen molar-refractivity contribution in [3.8, 4) is 17.2 Å². The van der Waals surface area contributed by atoms with Gasteiger partial charge >= 0.3 is 12.1 Å². The second-order valence-electron chi connectivity index (χ2n) is 8.72. The molecular weight excluding hydrogens is 438 g/mol. The van der Waals surface area contributed by atoms with Crippen LogP contribution in [0.25, 0.3) is 11.0 Å². The van der Waals surface area contributed by atoms with Gasteiger partial charge in [-0.05, 0) is 57.9 Å². The quantitative estimate of drug-likeness (QED) is 0.249. The van der Waals surface area contributed by atoms with Crippen molar-refractivity contribution < 1.29 is 28.2 Å². The molecule has 0 saturated carbocycles. The minimum absolute atomic E-state index is 0.0737. The van der Waals surface area contributed by atoms with E-state index in [-0.39, 0.29) is 23.6 Å². The van der Waals surface area contributed by atoms with E-state index in [1.165, 1.54) is 12.3 Å². The maximum absolute atomic E-state index is 12.7. The average molecular weight is 468 g/mol. The summed E-state index contributed by atoms with van der Waals surface area (Å²) < 4.78 is 21.7. The van der Waals surface area contributed by atoms with E-state index in [1.807, 2.05) is 6.07 Å². The molecule has 0 unspecified atom stereocenters. The van der Waals surface area contributed by atoms with Crippen LogP contribution in [0.3, 0.4) is 0 Å². The number of carbonyl (C=O) groups is 2. The molecule has 0 bridgehead atoms. The van der Waals surface area contributed by atoms with Gasteiger partial charge in [0.2, 0.25) is 11.2 Å². The molecule has 2 aromatic carbocycles. The number of esters is 1. The first-order valence-corrected chi connectivity index (χ1v) is 11.2. The smallest absolute Gasteiger partial charge is 0.407 e. The Bertz CT molecular complexity index is 1180. The van der Waals surface area contributed by atoms with Crippen LogP contribution in [0.15, 0.2) is 64.0 Å². The van der Waals surface area contributed by atoms with Crippen LogP contribution in [0.2, 0.25) is 0 Å². The highest BCUT2D eigenvalue weighted by Gasteiger charge is 2.15. The van der Waals surface area contributed by atoms with E-state index in [9.17, 15) is 14.4 Å². The third-order valence-electron chi connectivity index (χ3n) is 4.64. The summed E-state index contributed by atoms with van der Waals surface area (Å²) in [4.78, 5) is 36.4. The summed E-state index contributed by atoms with van der Waals surface area (Å²) in [7, 11) is 0. The topological polar surface area (TPSA) is 104 Å². The molecule has 34 heavy (non-hydrogen) atoms. The first-order chi connectivity index (χ1) is 16.2. The zero-order valence-electron chi connectivity index (χ0n) is 19.6.